The Bertz CT molecular complexity index is 2440. The van der Waals surface area contributed by atoms with E-state index in [-0.39, 0.29) is 5.41 Å². The highest BCUT2D eigenvalue weighted by Gasteiger charge is 2.51. The summed E-state index contributed by atoms with van der Waals surface area (Å²) in [6.07, 6.45) is 14.4. The first-order chi connectivity index (χ1) is 27.9. The van der Waals surface area contributed by atoms with E-state index in [1.165, 1.54) is 126 Å². The predicted molar refractivity (Wildman–Crippen MR) is 238 cm³/mol. The van der Waals surface area contributed by atoms with Crippen molar-refractivity contribution in [1.29, 1.82) is 0 Å². The Morgan fingerprint density at radius 3 is 1.72 bits per heavy atom. The summed E-state index contributed by atoms with van der Waals surface area (Å²) in [4.78, 5) is 2.58. The fourth-order valence-electron chi connectivity index (χ4n) is 14.0. The van der Waals surface area contributed by atoms with Crippen LogP contribution >= 0.6 is 0 Å². The summed E-state index contributed by atoms with van der Waals surface area (Å²) in [5, 5.41) is 0. The molecule has 0 aromatic heterocycles. The summed E-state index contributed by atoms with van der Waals surface area (Å²) in [7, 11) is 0. The summed E-state index contributed by atoms with van der Waals surface area (Å²) in [6.45, 7) is 4.89. The van der Waals surface area contributed by atoms with E-state index in [9.17, 15) is 0 Å². The molecule has 13 rings (SSSR count). The maximum absolute atomic E-state index is 2.58. The van der Waals surface area contributed by atoms with E-state index < -0.39 is 0 Å². The van der Waals surface area contributed by atoms with E-state index in [1.54, 1.807) is 11.1 Å². The van der Waals surface area contributed by atoms with Gasteiger partial charge in [-0.25, -0.2) is 0 Å². The Morgan fingerprint density at radius 1 is 0.474 bits per heavy atom. The Morgan fingerprint density at radius 2 is 1.11 bits per heavy atom. The number of benzene rings is 6. The number of fused-ring (bicyclic) bond motifs is 5. The molecule has 6 saturated carbocycles. The highest BCUT2D eigenvalue weighted by atomic mass is 15.1. The second-order valence-corrected chi connectivity index (χ2v) is 20.0. The van der Waals surface area contributed by atoms with E-state index in [1.807, 2.05) is 0 Å². The van der Waals surface area contributed by atoms with Crippen LogP contribution in [0.25, 0.3) is 33.4 Å². The topological polar surface area (TPSA) is 3.24 Å². The molecule has 0 spiro atoms. The number of rotatable bonds is 7. The van der Waals surface area contributed by atoms with E-state index in [0.717, 1.165) is 35.5 Å². The van der Waals surface area contributed by atoms with Gasteiger partial charge in [0, 0.05) is 22.5 Å². The van der Waals surface area contributed by atoms with E-state index >= 15 is 0 Å². The average molecular weight is 742 g/mol. The second-order valence-electron chi connectivity index (χ2n) is 20.0. The van der Waals surface area contributed by atoms with Gasteiger partial charge in [0.05, 0.1) is 0 Å². The molecular formula is C56H55N. The van der Waals surface area contributed by atoms with Gasteiger partial charge in [0.15, 0.2) is 0 Å². The van der Waals surface area contributed by atoms with Gasteiger partial charge in [-0.15, -0.1) is 0 Å². The monoisotopic (exact) mass is 741 g/mol. The van der Waals surface area contributed by atoms with Crippen LogP contribution in [0.1, 0.15) is 106 Å². The van der Waals surface area contributed by atoms with E-state index in [2.05, 4.69) is 158 Å². The molecule has 3 unspecified atom stereocenters. The molecular weight excluding hydrogens is 687 g/mol. The molecule has 1 nitrogen and oxygen atoms in total. The van der Waals surface area contributed by atoms with Gasteiger partial charge in [-0.3, -0.25) is 0 Å². The zero-order valence-corrected chi connectivity index (χ0v) is 33.8. The lowest BCUT2D eigenvalue weighted by atomic mass is 9.48. The quantitative estimate of drug-likeness (QED) is 0.157. The van der Waals surface area contributed by atoms with Crippen LogP contribution in [0.5, 0.6) is 0 Å². The lowest BCUT2D eigenvalue weighted by Crippen LogP contribution is -2.48. The van der Waals surface area contributed by atoms with E-state index in [4.69, 9.17) is 0 Å². The summed E-state index contributed by atoms with van der Waals surface area (Å²) < 4.78 is 0. The van der Waals surface area contributed by atoms with Gasteiger partial charge in [0.2, 0.25) is 0 Å². The molecule has 0 N–H and O–H groups in total. The Hall–Kier alpha value is -4.88. The standard InChI is InChI=1S/C56H55N/c1-55(2)52-30-43(40-9-5-3-6-10-40)17-24-49(52)54-51(41-11-7-4-8-12-41)31-48(32-53(54)55)57(46-20-15-42(16-21-46)50-29-36-13-14-44(50)28-36)47-22-18-45(19-23-47)56-33-37-25-38(34-56)27-39(26-37)35-56/h3-12,15-24,30-32,36-39,44,50H,13-14,25-29,33-35H2,1-2H3. The normalized spacial score (nSPS) is 28.4. The molecule has 1 heteroatoms. The van der Waals surface area contributed by atoms with Crippen LogP contribution in [0.2, 0.25) is 0 Å². The maximum atomic E-state index is 2.58. The van der Waals surface area contributed by atoms with Crippen molar-refractivity contribution >= 4 is 17.1 Å². The molecule has 0 heterocycles. The minimum atomic E-state index is -0.172. The van der Waals surface area contributed by atoms with Crippen molar-refractivity contribution in [3.63, 3.8) is 0 Å². The lowest BCUT2D eigenvalue weighted by Gasteiger charge is -2.57. The molecule has 6 aromatic carbocycles. The summed E-state index contributed by atoms with van der Waals surface area (Å²) >= 11 is 0. The minimum Gasteiger partial charge on any atom is -0.310 e. The molecule has 284 valence electrons. The van der Waals surface area contributed by atoms with Gasteiger partial charge in [-0.2, -0.15) is 0 Å². The Kier molecular flexibility index (Phi) is 7.68. The van der Waals surface area contributed by atoms with Crippen LogP contribution in [0.15, 0.2) is 140 Å². The minimum absolute atomic E-state index is 0.172. The van der Waals surface area contributed by atoms with Crippen molar-refractivity contribution in [3.05, 3.63) is 162 Å². The molecule has 7 aliphatic rings. The van der Waals surface area contributed by atoms with Gasteiger partial charge >= 0.3 is 0 Å². The number of hydrogen-bond donors (Lipinski definition) is 0. The first-order valence-electron chi connectivity index (χ1n) is 22.3. The highest BCUT2D eigenvalue weighted by molar-refractivity contribution is 5.96. The van der Waals surface area contributed by atoms with Crippen molar-refractivity contribution < 1.29 is 0 Å². The van der Waals surface area contributed by atoms with Gasteiger partial charge in [0.1, 0.15) is 0 Å². The van der Waals surface area contributed by atoms with Gasteiger partial charge in [-0.05, 0) is 197 Å². The Labute approximate surface area is 340 Å². The van der Waals surface area contributed by atoms with Crippen molar-refractivity contribution in [2.45, 2.75) is 94.8 Å². The molecule has 6 fully saturated rings. The number of hydrogen-bond acceptors (Lipinski definition) is 1. The number of nitrogens with zero attached hydrogens (tertiary/aromatic N) is 1. The van der Waals surface area contributed by atoms with Crippen LogP contribution in [0, 0.1) is 29.6 Å². The average Bonchev–Trinajstić information content (AvgIpc) is 3.94. The first-order valence-corrected chi connectivity index (χ1v) is 22.3. The highest BCUT2D eigenvalue weighted by Crippen LogP contribution is 2.61. The number of anilines is 3. The van der Waals surface area contributed by atoms with E-state index in [0.29, 0.717) is 5.41 Å². The largest absolute Gasteiger partial charge is 0.310 e. The van der Waals surface area contributed by atoms with Crippen LogP contribution in [0.4, 0.5) is 17.1 Å². The fourth-order valence-corrected chi connectivity index (χ4v) is 14.0. The fraction of sp³-hybridized carbons (Fsp3) is 0.357. The van der Waals surface area contributed by atoms with Gasteiger partial charge in [0.25, 0.3) is 0 Å². The predicted octanol–water partition coefficient (Wildman–Crippen LogP) is 15.2. The molecule has 0 saturated heterocycles. The van der Waals surface area contributed by atoms with Crippen LogP contribution < -0.4 is 4.90 Å². The first kappa shape index (κ1) is 34.2. The van der Waals surface area contributed by atoms with Crippen molar-refractivity contribution in [2.24, 2.45) is 29.6 Å². The van der Waals surface area contributed by atoms with Crippen molar-refractivity contribution in [2.75, 3.05) is 4.90 Å². The third-order valence-corrected chi connectivity index (χ3v) is 16.3. The summed E-state index contributed by atoms with van der Waals surface area (Å²) in [6, 6.07) is 54.1. The third kappa shape index (κ3) is 5.47. The molecule has 57 heavy (non-hydrogen) atoms. The third-order valence-electron chi connectivity index (χ3n) is 16.3. The van der Waals surface area contributed by atoms with Crippen LogP contribution in [0.3, 0.4) is 0 Å². The molecule has 0 radical (unpaired) electrons. The smallest absolute Gasteiger partial charge is 0.0471 e. The lowest BCUT2D eigenvalue weighted by molar-refractivity contribution is -0.00518. The zero-order valence-electron chi connectivity index (χ0n) is 33.8. The molecule has 0 aliphatic heterocycles. The van der Waals surface area contributed by atoms with Gasteiger partial charge in [-0.1, -0.05) is 117 Å². The molecule has 6 bridgehead atoms. The van der Waals surface area contributed by atoms with Crippen molar-refractivity contribution in [1.82, 2.24) is 0 Å². The SMILES string of the molecule is CC1(C)c2cc(-c3ccccc3)ccc2-c2c(-c3ccccc3)cc(N(c3ccc(C4CC5CCC4C5)cc3)c3ccc(C45CC6CC(CC(C6)C4)C5)cc3)cc21. The molecule has 3 atom stereocenters. The van der Waals surface area contributed by atoms with Gasteiger partial charge < -0.3 is 4.90 Å². The Balaban J connectivity index is 1.00. The summed E-state index contributed by atoms with van der Waals surface area (Å²) in [5.74, 6) is 5.39. The van der Waals surface area contributed by atoms with Crippen molar-refractivity contribution in [3.8, 4) is 33.4 Å². The molecule has 6 aromatic rings. The molecule has 0 amide bonds. The maximum Gasteiger partial charge on any atom is 0.0471 e. The summed E-state index contributed by atoms with van der Waals surface area (Å²) in [5.41, 5.74) is 17.8. The van der Waals surface area contributed by atoms with Crippen LogP contribution in [-0.4, -0.2) is 0 Å². The van der Waals surface area contributed by atoms with Crippen LogP contribution in [-0.2, 0) is 10.8 Å². The zero-order chi connectivity index (χ0) is 37.9. The second kappa shape index (κ2) is 12.8. The molecule has 7 aliphatic carbocycles.